The van der Waals surface area contributed by atoms with E-state index in [1.807, 2.05) is 0 Å². The molecule has 0 bridgehead atoms. The Labute approximate surface area is 488 Å². The molecule has 0 rings (SSSR count). The lowest BCUT2D eigenvalue weighted by atomic mass is 10.0. The maximum Gasteiger partial charge on any atom is 0.306 e. The highest BCUT2D eigenvalue weighted by atomic mass is 16.6. The van der Waals surface area contributed by atoms with E-state index in [2.05, 4.69) is 142 Å². The van der Waals surface area contributed by atoms with Gasteiger partial charge in [0, 0.05) is 19.3 Å². The van der Waals surface area contributed by atoms with Gasteiger partial charge in [-0.05, 0) is 128 Å². The van der Waals surface area contributed by atoms with Crippen LogP contribution in [0.15, 0.2) is 122 Å². The molecule has 0 saturated carbocycles. The van der Waals surface area contributed by atoms with Crippen molar-refractivity contribution in [3.63, 3.8) is 0 Å². The Bertz CT molecular complexity index is 1640. The second-order valence-corrected chi connectivity index (χ2v) is 21.6. The van der Waals surface area contributed by atoms with Crippen LogP contribution in [0.25, 0.3) is 0 Å². The van der Waals surface area contributed by atoms with E-state index in [1.54, 1.807) is 0 Å². The zero-order valence-corrected chi connectivity index (χ0v) is 51.6. The van der Waals surface area contributed by atoms with E-state index in [1.165, 1.54) is 135 Å². The number of unbranched alkanes of at least 4 members (excludes halogenated alkanes) is 28. The molecule has 6 nitrogen and oxygen atoms in total. The fraction of sp³-hybridized carbons (Fsp3) is 0.685. The molecule has 79 heavy (non-hydrogen) atoms. The Balaban J connectivity index is 4.33. The average molecular weight is 1100 g/mol. The fourth-order valence-corrected chi connectivity index (χ4v) is 9.04. The summed E-state index contributed by atoms with van der Waals surface area (Å²) in [5.41, 5.74) is 0. The number of esters is 3. The van der Waals surface area contributed by atoms with E-state index >= 15 is 0 Å². The first-order valence-corrected chi connectivity index (χ1v) is 33.0. The molecule has 1 unspecified atom stereocenters. The molecule has 0 aliphatic rings. The molecule has 0 aromatic rings. The summed E-state index contributed by atoms with van der Waals surface area (Å²) in [6.07, 6.45) is 92.1. The predicted molar refractivity (Wildman–Crippen MR) is 343 cm³/mol. The smallest absolute Gasteiger partial charge is 0.306 e. The van der Waals surface area contributed by atoms with Crippen molar-refractivity contribution in [3.8, 4) is 0 Å². The zero-order chi connectivity index (χ0) is 57.1. The number of hydrogen-bond acceptors (Lipinski definition) is 6. The Kier molecular flexibility index (Phi) is 62.8. The largest absolute Gasteiger partial charge is 0.462 e. The summed E-state index contributed by atoms with van der Waals surface area (Å²) >= 11 is 0. The minimum Gasteiger partial charge on any atom is -0.462 e. The number of allylic oxidation sites excluding steroid dienone is 20. The van der Waals surface area contributed by atoms with Crippen LogP contribution in [0.1, 0.15) is 303 Å². The normalized spacial score (nSPS) is 12.9. The molecule has 0 spiro atoms. The summed E-state index contributed by atoms with van der Waals surface area (Å²) in [6, 6.07) is 0. The topological polar surface area (TPSA) is 78.9 Å². The fourth-order valence-electron chi connectivity index (χ4n) is 9.04. The third kappa shape index (κ3) is 64.5. The molecule has 0 amide bonds. The van der Waals surface area contributed by atoms with Crippen LogP contribution < -0.4 is 0 Å². The van der Waals surface area contributed by atoms with Crippen molar-refractivity contribution in [2.45, 2.75) is 309 Å². The predicted octanol–water partition coefficient (Wildman–Crippen LogP) is 22.8. The van der Waals surface area contributed by atoms with Gasteiger partial charge in [-0.2, -0.15) is 0 Å². The second kappa shape index (κ2) is 66.3. The molecule has 0 fully saturated rings. The summed E-state index contributed by atoms with van der Waals surface area (Å²) in [7, 11) is 0. The van der Waals surface area contributed by atoms with Gasteiger partial charge in [0.05, 0.1) is 0 Å². The highest BCUT2D eigenvalue weighted by Gasteiger charge is 2.19. The van der Waals surface area contributed by atoms with Crippen LogP contribution in [0.5, 0.6) is 0 Å². The van der Waals surface area contributed by atoms with E-state index in [4.69, 9.17) is 14.2 Å². The van der Waals surface area contributed by atoms with E-state index in [9.17, 15) is 14.4 Å². The highest BCUT2D eigenvalue weighted by molar-refractivity contribution is 5.71. The van der Waals surface area contributed by atoms with Gasteiger partial charge in [0.15, 0.2) is 6.10 Å². The third-order valence-corrected chi connectivity index (χ3v) is 13.9. The number of carbonyl (C=O) groups excluding carboxylic acids is 3. The summed E-state index contributed by atoms with van der Waals surface area (Å²) in [4.78, 5) is 38.3. The van der Waals surface area contributed by atoms with Crippen molar-refractivity contribution in [2.24, 2.45) is 0 Å². The van der Waals surface area contributed by atoms with Gasteiger partial charge in [-0.15, -0.1) is 0 Å². The third-order valence-electron chi connectivity index (χ3n) is 13.9. The first kappa shape index (κ1) is 74.8. The first-order chi connectivity index (χ1) is 39.0. The summed E-state index contributed by atoms with van der Waals surface area (Å²) in [6.45, 7) is 6.39. The molecule has 0 aromatic heterocycles. The molecular formula is C73H122O6. The van der Waals surface area contributed by atoms with Crippen molar-refractivity contribution in [3.05, 3.63) is 122 Å². The lowest BCUT2D eigenvalue weighted by molar-refractivity contribution is -0.167. The SMILES string of the molecule is CC/C=C\C/C=C\C/C=C\C/C=C\CCCCCCCCCCC(=O)OC(COC(=O)CCCCC/C=C\C/C=C\C/C=C\CC)COC(=O)CCCCCCCCCCCCCC/C=C\C/C=C\C/C=C\CCCCCCC. The highest BCUT2D eigenvalue weighted by Crippen LogP contribution is 2.16. The monoisotopic (exact) mass is 1090 g/mol. The van der Waals surface area contributed by atoms with Crippen LogP contribution in [0.2, 0.25) is 0 Å². The van der Waals surface area contributed by atoms with Crippen molar-refractivity contribution in [1.29, 1.82) is 0 Å². The summed E-state index contributed by atoms with van der Waals surface area (Å²) < 4.78 is 16.9. The van der Waals surface area contributed by atoms with Crippen molar-refractivity contribution >= 4 is 17.9 Å². The molecule has 0 N–H and O–H groups in total. The Morgan fingerprint density at radius 2 is 0.494 bits per heavy atom. The molecule has 1 atom stereocenters. The molecule has 0 aliphatic carbocycles. The Morgan fingerprint density at radius 3 is 0.785 bits per heavy atom. The zero-order valence-electron chi connectivity index (χ0n) is 51.6. The maximum atomic E-state index is 12.9. The molecule has 0 radical (unpaired) electrons. The molecule has 0 heterocycles. The number of rotatable bonds is 59. The Morgan fingerprint density at radius 1 is 0.266 bits per heavy atom. The second-order valence-electron chi connectivity index (χ2n) is 21.6. The maximum absolute atomic E-state index is 12.9. The van der Waals surface area contributed by atoms with Crippen molar-refractivity contribution in [2.75, 3.05) is 13.2 Å². The number of hydrogen-bond donors (Lipinski definition) is 0. The van der Waals surface area contributed by atoms with Gasteiger partial charge in [0.1, 0.15) is 13.2 Å². The molecule has 6 heteroatoms. The Hall–Kier alpha value is -4.19. The number of carbonyl (C=O) groups is 3. The molecule has 0 aromatic carbocycles. The van der Waals surface area contributed by atoms with E-state index in [-0.39, 0.29) is 31.1 Å². The van der Waals surface area contributed by atoms with Gasteiger partial charge in [0.25, 0.3) is 0 Å². The van der Waals surface area contributed by atoms with E-state index in [0.29, 0.717) is 19.3 Å². The van der Waals surface area contributed by atoms with Crippen LogP contribution >= 0.6 is 0 Å². The van der Waals surface area contributed by atoms with Crippen LogP contribution in [0.4, 0.5) is 0 Å². The molecule has 0 saturated heterocycles. The summed E-state index contributed by atoms with van der Waals surface area (Å²) in [5.74, 6) is -0.928. The van der Waals surface area contributed by atoms with Gasteiger partial charge in [-0.3, -0.25) is 14.4 Å². The average Bonchev–Trinajstić information content (AvgIpc) is 3.45. The van der Waals surface area contributed by atoms with Crippen LogP contribution in [0.3, 0.4) is 0 Å². The summed E-state index contributed by atoms with van der Waals surface area (Å²) in [5, 5.41) is 0. The van der Waals surface area contributed by atoms with E-state index < -0.39 is 6.10 Å². The minimum atomic E-state index is -0.800. The standard InChI is InChI=1S/C73H122O6/c1-4-7-10-13-16-19-22-25-27-29-31-33-34-35-36-37-38-40-41-43-45-48-51-54-57-60-63-66-72(75)78-69-70(68-77-71(74)65-62-59-56-53-50-47-24-21-18-15-12-9-6-3)79-73(76)67-64-61-58-55-52-49-46-44-42-39-32-30-28-26-23-20-17-14-11-8-5-2/h8-9,11-12,17-18,20-22,25-26,28-29,31-32,34-35,39,47,50,70H,4-7,10,13-16,19,23-24,27,30,33,36-38,40-46,48-49,51-69H2,1-3H3/b11-8-,12-9-,20-17-,21-18-,25-22-,28-26-,31-29-,35-34-,39-32-,50-47-. The van der Waals surface area contributed by atoms with Crippen LogP contribution in [-0.4, -0.2) is 37.2 Å². The number of ether oxygens (including phenoxy) is 3. The van der Waals surface area contributed by atoms with Gasteiger partial charge in [-0.25, -0.2) is 0 Å². The van der Waals surface area contributed by atoms with Crippen molar-refractivity contribution in [1.82, 2.24) is 0 Å². The molecule has 0 aliphatic heterocycles. The lowest BCUT2D eigenvalue weighted by Gasteiger charge is -2.18. The molecular weight excluding hydrogens is 973 g/mol. The lowest BCUT2D eigenvalue weighted by Crippen LogP contribution is -2.30. The minimum absolute atomic E-state index is 0.0935. The van der Waals surface area contributed by atoms with Crippen LogP contribution in [-0.2, 0) is 28.6 Å². The van der Waals surface area contributed by atoms with Crippen molar-refractivity contribution < 1.29 is 28.6 Å². The van der Waals surface area contributed by atoms with Gasteiger partial charge in [-0.1, -0.05) is 277 Å². The van der Waals surface area contributed by atoms with Crippen LogP contribution in [0, 0.1) is 0 Å². The van der Waals surface area contributed by atoms with Gasteiger partial charge < -0.3 is 14.2 Å². The molecule has 450 valence electrons. The van der Waals surface area contributed by atoms with E-state index in [0.717, 1.165) is 128 Å². The first-order valence-electron chi connectivity index (χ1n) is 33.0. The van der Waals surface area contributed by atoms with Gasteiger partial charge in [0.2, 0.25) is 0 Å². The van der Waals surface area contributed by atoms with Gasteiger partial charge >= 0.3 is 17.9 Å². The quantitative estimate of drug-likeness (QED) is 0.0261.